The first-order valence-electron chi connectivity index (χ1n) is 14.2. The molecule has 220 valence electrons. The normalized spacial score (nSPS) is 19.7. The molecule has 2 fully saturated rings. The smallest absolute Gasteiger partial charge is 0.246 e. The number of anilines is 2. The van der Waals surface area contributed by atoms with Crippen LogP contribution in [-0.4, -0.2) is 93.9 Å². The Hall–Kier alpha value is -3.76. The second kappa shape index (κ2) is 10.5. The van der Waals surface area contributed by atoms with Gasteiger partial charge in [0.2, 0.25) is 11.9 Å². The molecule has 0 radical (unpaired) electrons. The van der Waals surface area contributed by atoms with Crippen LogP contribution in [-0.2, 0) is 11.8 Å². The molecule has 9 nitrogen and oxygen atoms in total. The Kier molecular flexibility index (Phi) is 7.09. The number of halogens is 2. The lowest BCUT2D eigenvalue weighted by molar-refractivity contribution is -0.128. The summed E-state index contributed by atoms with van der Waals surface area (Å²) in [5.41, 5.74) is 2.94. The zero-order valence-electron chi connectivity index (χ0n) is 24.9. The fourth-order valence-electron chi connectivity index (χ4n) is 6.23. The summed E-state index contributed by atoms with van der Waals surface area (Å²) in [6.45, 7) is 12.2. The van der Waals surface area contributed by atoms with Crippen molar-refractivity contribution in [2.75, 3.05) is 50.1 Å². The molecule has 2 aliphatic heterocycles. The van der Waals surface area contributed by atoms with Gasteiger partial charge in [0.15, 0.2) is 5.82 Å². The van der Waals surface area contributed by atoms with Gasteiger partial charge in [-0.05, 0) is 52.6 Å². The molecule has 2 aromatic carbocycles. The van der Waals surface area contributed by atoms with Crippen molar-refractivity contribution in [2.24, 2.45) is 7.05 Å². The highest BCUT2D eigenvalue weighted by Gasteiger charge is 2.36. The standard InChI is InChI=1S/C31H36ClFN8O/c1-8-24(42)40-13-19(4)41(14-18(40)3)30-22-11-23(32)26(25-17(2)9-10-20-12-34-38(7)29(20)25)27(33)28(22)35-31(36-30)39-15-21(16-39)37(5)6/h8-12,18-19,21H,1,13-16H2,2-7H3/t18-,19+/m1/s1. The Bertz CT molecular complexity index is 1730. The van der Waals surface area contributed by atoms with E-state index in [0.29, 0.717) is 47.4 Å². The quantitative estimate of drug-likeness (QED) is 0.313. The number of benzene rings is 2. The van der Waals surface area contributed by atoms with E-state index in [4.69, 9.17) is 21.6 Å². The van der Waals surface area contributed by atoms with Gasteiger partial charge in [0.1, 0.15) is 11.3 Å². The minimum absolute atomic E-state index is 0.0751. The van der Waals surface area contributed by atoms with E-state index in [-0.39, 0.29) is 28.5 Å². The van der Waals surface area contributed by atoms with Gasteiger partial charge < -0.3 is 19.6 Å². The van der Waals surface area contributed by atoms with E-state index in [1.54, 1.807) is 16.9 Å². The van der Waals surface area contributed by atoms with E-state index in [1.807, 2.05) is 44.9 Å². The molecule has 2 saturated heterocycles. The number of fused-ring (bicyclic) bond motifs is 2. The predicted octanol–water partition coefficient (Wildman–Crippen LogP) is 4.65. The molecular formula is C31H36ClFN8O. The van der Waals surface area contributed by atoms with E-state index in [2.05, 4.69) is 40.5 Å². The topological polar surface area (TPSA) is 73.6 Å². The maximum atomic E-state index is 17.0. The summed E-state index contributed by atoms with van der Waals surface area (Å²) in [5, 5.41) is 6.15. The van der Waals surface area contributed by atoms with Crippen molar-refractivity contribution in [3.63, 3.8) is 0 Å². The lowest BCUT2D eigenvalue weighted by Crippen LogP contribution is -2.59. The third kappa shape index (κ3) is 4.48. The Labute approximate surface area is 250 Å². The average Bonchev–Trinajstić information content (AvgIpc) is 3.30. The minimum Gasteiger partial charge on any atom is -0.349 e. The molecule has 0 bridgehead atoms. The molecule has 0 saturated carbocycles. The van der Waals surface area contributed by atoms with Crippen LogP contribution >= 0.6 is 11.6 Å². The second-order valence-electron chi connectivity index (χ2n) is 11.8. The van der Waals surface area contributed by atoms with Crippen LogP contribution in [0.2, 0.25) is 5.02 Å². The molecule has 2 aromatic heterocycles. The van der Waals surface area contributed by atoms with E-state index >= 15 is 4.39 Å². The van der Waals surface area contributed by atoms with Crippen LogP contribution in [0.1, 0.15) is 19.4 Å². The van der Waals surface area contributed by atoms with Crippen LogP contribution in [0.15, 0.2) is 37.1 Å². The molecule has 2 atom stereocenters. The van der Waals surface area contributed by atoms with Crippen molar-refractivity contribution < 1.29 is 9.18 Å². The number of amides is 1. The third-order valence-electron chi connectivity index (χ3n) is 8.80. The van der Waals surface area contributed by atoms with Gasteiger partial charge in [-0.2, -0.15) is 10.1 Å². The van der Waals surface area contributed by atoms with Crippen LogP contribution in [0.4, 0.5) is 16.2 Å². The predicted molar refractivity (Wildman–Crippen MR) is 167 cm³/mol. The molecule has 1 amide bonds. The molecular weight excluding hydrogens is 555 g/mol. The van der Waals surface area contributed by atoms with Crippen molar-refractivity contribution in [2.45, 2.75) is 38.9 Å². The Morgan fingerprint density at radius 1 is 1.12 bits per heavy atom. The van der Waals surface area contributed by atoms with E-state index in [9.17, 15) is 4.79 Å². The van der Waals surface area contributed by atoms with Crippen molar-refractivity contribution in [3.8, 4) is 11.1 Å². The Morgan fingerprint density at radius 3 is 2.55 bits per heavy atom. The summed E-state index contributed by atoms with van der Waals surface area (Å²) in [4.78, 5) is 30.6. The summed E-state index contributed by atoms with van der Waals surface area (Å²) in [5.74, 6) is 0.528. The summed E-state index contributed by atoms with van der Waals surface area (Å²) in [6, 6.07) is 5.94. The van der Waals surface area contributed by atoms with Crippen molar-refractivity contribution in [3.05, 3.63) is 53.5 Å². The van der Waals surface area contributed by atoms with E-state index in [1.165, 1.54) is 6.08 Å². The molecule has 0 N–H and O–H groups in total. The van der Waals surface area contributed by atoms with Crippen LogP contribution in [0, 0.1) is 12.7 Å². The SMILES string of the molecule is C=CC(=O)N1C[C@H](C)N(c2nc(N3CC(N(C)C)C3)nc3c(F)c(-c4c(C)ccc5cnn(C)c45)c(Cl)cc23)C[C@H]1C. The monoisotopic (exact) mass is 590 g/mol. The Balaban J connectivity index is 1.55. The van der Waals surface area contributed by atoms with Crippen LogP contribution in [0.3, 0.4) is 0 Å². The molecule has 0 spiro atoms. The highest BCUT2D eigenvalue weighted by molar-refractivity contribution is 6.35. The lowest BCUT2D eigenvalue weighted by atomic mass is 9.95. The highest BCUT2D eigenvalue weighted by Crippen LogP contribution is 2.43. The van der Waals surface area contributed by atoms with E-state index < -0.39 is 5.82 Å². The van der Waals surface area contributed by atoms with Gasteiger partial charge in [-0.15, -0.1) is 0 Å². The molecule has 0 aliphatic carbocycles. The number of carbonyl (C=O) groups is 1. The number of carbonyl (C=O) groups excluding carboxylic acids is 1. The van der Waals surface area contributed by atoms with Gasteiger partial charge in [0.05, 0.1) is 16.7 Å². The lowest BCUT2D eigenvalue weighted by Gasteiger charge is -2.45. The molecule has 0 unspecified atom stereocenters. The number of aryl methyl sites for hydroxylation is 2. The van der Waals surface area contributed by atoms with Gasteiger partial charge in [-0.1, -0.05) is 30.3 Å². The first kappa shape index (κ1) is 28.4. The molecule has 4 aromatic rings. The highest BCUT2D eigenvalue weighted by atomic mass is 35.5. The van der Waals surface area contributed by atoms with Crippen LogP contribution in [0.5, 0.6) is 0 Å². The van der Waals surface area contributed by atoms with Crippen LogP contribution in [0.25, 0.3) is 32.9 Å². The molecule has 42 heavy (non-hydrogen) atoms. The van der Waals surface area contributed by atoms with Crippen molar-refractivity contribution in [1.29, 1.82) is 0 Å². The summed E-state index contributed by atoms with van der Waals surface area (Å²) >= 11 is 6.97. The number of hydrogen-bond acceptors (Lipinski definition) is 7. The van der Waals surface area contributed by atoms with Gasteiger partial charge in [0, 0.05) is 73.3 Å². The fourth-order valence-corrected chi connectivity index (χ4v) is 6.52. The van der Waals surface area contributed by atoms with Crippen molar-refractivity contribution in [1.82, 2.24) is 29.5 Å². The summed E-state index contributed by atoms with van der Waals surface area (Å²) in [6.07, 6.45) is 3.12. The largest absolute Gasteiger partial charge is 0.349 e. The van der Waals surface area contributed by atoms with Gasteiger partial charge in [0.25, 0.3) is 0 Å². The Morgan fingerprint density at radius 2 is 1.86 bits per heavy atom. The first-order chi connectivity index (χ1) is 20.0. The zero-order valence-corrected chi connectivity index (χ0v) is 25.7. The molecule has 4 heterocycles. The number of nitrogens with zero attached hydrogens (tertiary/aromatic N) is 8. The van der Waals surface area contributed by atoms with Crippen LogP contribution < -0.4 is 9.80 Å². The average molecular weight is 591 g/mol. The maximum absolute atomic E-state index is 17.0. The summed E-state index contributed by atoms with van der Waals surface area (Å²) < 4.78 is 18.7. The zero-order chi connectivity index (χ0) is 30.0. The number of hydrogen-bond donors (Lipinski definition) is 0. The molecule has 11 heteroatoms. The van der Waals surface area contributed by atoms with Gasteiger partial charge in [-0.25, -0.2) is 9.37 Å². The van der Waals surface area contributed by atoms with Gasteiger partial charge in [-0.3, -0.25) is 9.48 Å². The number of aromatic nitrogens is 4. The fraction of sp³-hybridized carbons (Fsp3) is 0.419. The molecule has 6 rings (SSSR count). The van der Waals surface area contributed by atoms with Crippen molar-refractivity contribution >= 4 is 51.1 Å². The maximum Gasteiger partial charge on any atom is 0.246 e. The van der Waals surface area contributed by atoms with E-state index in [0.717, 1.165) is 29.6 Å². The number of likely N-dealkylation sites (N-methyl/N-ethyl adjacent to an activating group) is 1. The molecule has 2 aliphatic rings. The summed E-state index contributed by atoms with van der Waals surface area (Å²) in [7, 11) is 5.95. The number of piperazine rings is 1. The number of rotatable bonds is 5. The second-order valence-corrected chi connectivity index (χ2v) is 12.2. The minimum atomic E-state index is -0.481. The first-order valence-corrected chi connectivity index (χ1v) is 14.6. The van der Waals surface area contributed by atoms with Gasteiger partial charge >= 0.3 is 0 Å². The third-order valence-corrected chi connectivity index (χ3v) is 9.10.